The molecule has 19 heavy (non-hydrogen) atoms. The standard InChI is InChI=1S/C14H24N2O2S/c1-12(2)5-3-4-10-16-19(17,18)11-13-6-8-14(15)9-7-13/h6-9,12,16H,3-5,10-11,15H2,1-2H3. The van der Waals surface area contributed by atoms with Crippen LogP contribution in [0.4, 0.5) is 5.69 Å². The maximum Gasteiger partial charge on any atom is 0.215 e. The normalized spacial score (nSPS) is 11.9. The molecule has 0 saturated carbocycles. The fourth-order valence-corrected chi connectivity index (χ4v) is 2.98. The van der Waals surface area contributed by atoms with Crippen LogP contribution in [0.2, 0.25) is 0 Å². The van der Waals surface area contributed by atoms with E-state index in [1.54, 1.807) is 24.3 Å². The molecule has 4 nitrogen and oxygen atoms in total. The molecule has 0 heterocycles. The van der Waals surface area contributed by atoms with Gasteiger partial charge in [0.05, 0.1) is 5.75 Å². The summed E-state index contributed by atoms with van der Waals surface area (Å²) < 4.78 is 26.3. The van der Waals surface area contributed by atoms with Crippen LogP contribution in [0.1, 0.15) is 38.7 Å². The van der Waals surface area contributed by atoms with Crippen molar-refractivity contribution in [2.45, 2.75) is 38.9 Å². The number of nitrogens with one attached hydrogen (secondary N) is 1. The molecule has 1 aromatic carbocycles. The number of sulfonamides is 1. The maximum atomic E-state index is 11.8. The zero-order valence-corrected chi connectivity index (χ0v) is 12.5. The Bertz CT molecular complexity index is 467. The molecule has 0 amide bonds. The summed E-state index contributed by atoms with van der Waals surface area (Å²) in [5, 5.41) is 0. The summed E-state index contributed by atoms with van der Waals surface area (Å²) in [5.74, 6) is 0.684. The number of rotatable bonds is 8. The van der Waals surface area contributed by atoms with Gasteiger partial charge in [0.2, 0.25) is 10.0 Å². The highest BCUT2D eigenvalue weighted by Gasteiger charge is 2.10. The molecule has 0 aromatic heterocycles. The Balaban J connectivity index is 2.34. The smallest absolute Gasteiger partial charge is 0.215 e. The lowest BCUT2D eigenvalue weighted by Gasteiger charge is -2.08. The summed E-state index contributed by atoms with van der Waals surface area (Å²) in [4.78, 5) is 0. The van der Waals surface area contributed by atoms with Gasteiger partial charge in [-0.3, -0.25) is 0 Å². The summed E-state index contributed by atoms with van der Waals surface area (Å²) in [6.07, 6.45) is 3.08. The molecule has 0 fully saturated rings. The first kappa shape index (κ1) is 16.0. The van der Waals surface area contributed by atoms with Crippen LogP contribution in [0, 0.1) is 5.92 Å². The summed E-state index contributed by atoms with van der Waals surface area (Å²) in [5.41, 5.74) is 6.96. The van der Waals surface area contributed by atoms with Gasteiger partial charge >= 0.3 is 0 Å². The van der Waals surface area contributed by atoms with Crippen molar-refractivity contribution in [1.29, 1.82) is 0 Å². The van der Waals surface area contributed by atoms with Gasteiger partial charge in [0.25, 0.3) is 0 Å². The number of nitrogen functional groups attached to an aromatic ring is 1. The second kappa shape index (κ2) is 7.50. The Kier molecular flexibility index (Phi) is 6.31. The Morgan fingerprint density at radius 3 is 2.37 bits per heavy atom. The molecule has 0 saturated heterocycles. The first-order chi connectivity index (χ1) is 8.89. The Labute approximate surface area is 116 Å². The van der Waals surface area contributed by atoms with Crippen molar-refractivity contribution in [3.8, 4) is 0 Å². The number of hydrogen-bond acceptors (Lipinski definition) is 3. The fourth-order valence-electron chi connectivity index (χ4n) is 1.79. The van der Waals surface area contributed by atoms with E-state index in [1.807, 2.05) is 0 Å². The van der Waals surface area contributed by atoms with E-state index in [0.29, 0.717) is 18.2 Å². The lowest BCUT2D eigenvalue weighted by atomic mass is 10.1. The van der Waals surface area contributed by atoms with Gasteiger partial charge in [0.1, 0.15) is 0 Å². The third-order valence-corrected chi connectivity index (χ3v) is 4.22. The van der Waals surface area contributed by atoms with E-state index in [9.17, 15) is 8.42 Å². The van der Waals surface area contributed by atoms with Crippen molar-refractivity contribution in [2.75, 3.05) is 12.3 Å². The molecule has 3 N–H and O–H groups in total. The van der Waals surface area contributed by atoms with E-state index in [2.05, 4.69) is 18.6 Å². The van der Waals surface area contributed by atoms with Gasteiger partial charge < -0.3 is 5.73 Å². The van der Waals surface area contributed by atoms with E-state index in [-0.39, 0.29) is 5.75 Å². The SMILES string of the molecule is CC(C)CCCCNS(=O)(=O)Cc1ccc(N)cc1. The highest BCUT2D eigenvalue weighted by atomic mass is 32.2. The molecular formula is C14H24N2O2S. The van der Waals surface area contributed by atoms with Crippen molar-refractivity contribution in [2.24, 2.45) is 5.92 Å². The van der Waals surface area contributed by atoms with Crippen molar-refractivity contribution in [3.63, 3.8) is 0 Å². The van der Waals surface area contributed by atoms with Gasteiger partial charge in [-0.25, -0.2) is 13.1 Å². The fraction of sp³-hybridized carbons (Fsp3) is 0.571. The lowest BCUT2D eigenvalue weighted by molar-refractivity contribution is 0.530. The van der Waals surface area contributed by atoms with Crippen LogP contribution in [0.5, 0.6) is 0 Å². The number of hydrogen-bond donors (Lipinski definition) is 2. The first-order valence-electron chi connectivity index (χ1n) is 6.71. The van der Waals surface area contributed by atoms with E-state index >= 15 is 0 Å². The van der Waals surface area contributed by atoms with Gasteiger partial charge in [0.15, 0.2) is 0 Å². The zero-order valence-electron chi connectivity index (χ0n) is 11.7. The highest BCUT2D eigenvalue weighted by molar-refractivity contribution is 7.88. The lowest BCUT2D eigenvalue weighted by Crippen LogP contribution is -2.26. The molecule has 0 aliphatic rings. The van der Waals surface area contributed by atoms with Crippen LogP contribution in [0.25, 0.3) is 0 Å². The molecule has 5 heteroatoms. The van der Waals surface area contributed by atoms with Crippen molar-refractivity contribution < 1.29 is 8.42 Å². The molecule has 0 aliphatic heterocycles. The predicted octanol–water partition coefficient (Wildman–Crippen LogP) is 2.51. The summed E-state index contributed by atoms with van der Waals surface area (Å²) in [6, 6.07) is 6.92. The molecule has 0 radical (unpaired) electrons. The van der Waals surface area contributed by atoms with Crippen LogP contribution in [-0.4, -0.2) is 15.0 Å². The third-order valence-electron chi connectivity index (χ3n) is 2.87. The topological polar surface area (TPSA) is 72.2 Å². The molecule has 0 atom stereocenters. The Hall–Kier alpha value is -1.07. The molecule has 108 valence electrons. The van der Waals surface area contributed by atoms with Gasteiger partial charge in [-0.05, 0) is 30.0 Å². The van der Waals surface area contributed by atoms with E-state index in [1.165, 1.54) is 0 Å². The first-order valence-corrected chi connectivity index (χ1v) is 8.36. The summed E-state index contributed by atoms with van der Waals surface area (Å²) in [6.45, 7) is 4.86. The molecular weight excluding hydrogens is 260 g/mol. The van der Waals surface area contributed by atoms with Crippen LogP contribution in [0.15, 0.2) is 24.3 Å². The minimum atomic E-state index is -3.24. The van der Waals surface area contributed by atoms with Crippen LogP contribution in [-0.2, 0) is 15.8 Å². The molecule has 1 rings (SSSR count). The van der Waals surface area contributed by atoms with Crippen LogP contribution < -0.4 is 10.5 Å². The summed E-state index contributed by atoms with van der Waals surface area (Å²) >= 11 is 0. The van der Waals surface area contributed by atoms with Crippen molar-refractivity contribution in [1.82, 2.24) is 4.72 Å². The molecule has 1 aromatic rings. The van der Waals surface area contributed by atoms with E-state index in [0.717, 1.165) is 24.8 Å². The van der Waals surface area contributed by atoms with Crippen molar-refractivity contribution in [3.05, 3.63) is 29.8 Å². The molecule has 0 aliphatic carbocycles. The number of nitrogens with two attached hydrogens (primary N) is 1. The zero-order chi connectivity index (χ0) is 14.3. The summed E-state index contributed by atoms with van der Waals surface area (Å²) in [7, 11) is -3.24. The maximum absolute atomic E-state index is 11.8. The minimum Gasteiger partial charge on any atom is -0.399 e. The number of unbranched alkanes of at least 4 members (excludes halogenated alkanes) is 1. The molecule has 0 unspecified atom stereocenters. The quantitative estimate of drug-likeness (QED) is 0.569. The largest absolute Gasteiger partial charge is 0.399 e. The van der Waals surface area contributed by atoms with E-state index in [4.69, 9.17) is 5.73 Å². The average Bonchev–Trinajstić information content (AvgIpc) is 2.31. The van der Waals surface area contributed by atoms with Crippen molar-refractivity contribution >= 4 is 15.7 Å². The predicted molar refractivity (Wildman–Crippen MR) is 80.2 cm³/mol. The Morgan fingerprint density at radius 2 is 1.79 bits per heavy atom. The van der Waals surface area contributed by atoms with Gasteiger partial charge in [-0.15, -0.1) is 0 Å². The molecule has 0 bridgehead atoms. The van der Waals surface area contributed by atoms with E-state index < -0.39 is 10.0 Å². The third kappa shape index (κ3) is 7.18. The average molecular weight is 284 g/mol. The second-order valence-corrected chi connectivity index (χ2v) is 7.09. The Morgan fingerprint density at radius 1 is 1.16 bits per heavy atom. The minimum absolute atomic E-state index is 0.0114. The highest BCUT2D eigenvalue weighted by Crippen LogP contribution is 2.09. The van der Waals surface area contributed by atoms with Gasteiger partial charge in [0, 0.05) is 12.2 Å². The monoisotopic (exact) mass is 284 g/mol. The number of anilines is 1. The van der Waals surface area contributed by atoms with Gasteiger partial charge in [-0.1, -0.05) is 38.8 Å². The number of benzene rings is 1. The van der Waals surface area contributed by atoms with Gasteiger partial charge in [-0.2, -0.15) is 0 Å². The van der Waals surface area contributed by atoms with Crippen LogP contribution >= 0.6 is 0 Å². The molecule has 0 spiro atoms. The second-order valence-electron chi connectivity index (χ2n) is 5.28. The van der Waals surface area contributed by atoms with Crippen LogP contribution in [0.3, 0.4) is 0 Å².